The van der Waals surface area contributed by atoms with Crippen molar-refractivity contribution >= 4 is 19.9 Å². The van der Waals surface area contributed by atoms with Crippen LogP contribution in [0.1, 0.15) is 40.0 Å². The molecular weight excluding hydrogens is 160 g/mol. The highest BCUT2D eigenvalue weighted by Gasteiger charge is 2.15. The highest BCUT2D eigenvalue weighted by Crippen LogP contribution is 2.27. The van der Waals surface area contributed by atoms with Gasteiger partial charge in [-0.2, -0.15) is 11.1 Å². The maximum Gasteiger partial charge on any atom is 0.128 e. The van der Waals surface area contributed by atoms with Crippen LogP contribution in [0.4, 0.5) is 0 Å². The highest BCUT2D eigenvalue weighted by molar-refractivity contribution is 6.94. The van der Waals surface area contributed by atoms with Gasteiger partial charge in [0, 0.05) is 0 Å². The van der Waals surface area contributed by atoms with E-state index in [0.29, 0.717) is 0 Å². The Morgan fingerprint density at radius 2 is 1.60 bits per heavy atom. The Morgan fingerprint density at radius 3 is 1.70 bits per heavy atom. The molecule has 0 aromatic rings. The van der Waals surface area contributed by atoms with E-state index < -0.39 is 0 Å². The van der Waals surface area contributed by atoms with Crippen LogP contribution in [0.5, 0.6) is 0 Å². The Kier molecular flexibility index (Phi) is 6.55. The van der Waals surface area contributed by atoms with Gasteiger partial charge in [-0.1, -0.05) is 40.0 Å². The number of hydrogen-bond donors (Lipinski definition) is 0. The van der Waals surface area contributed by atoms with Crippen LogP contribution < -0.4 is 0 Å². The molecule has 2 heteroatoms. The van der Waals surface area contributed by atoms with E-state index in [-0.39, 0.29) is 8.83 Å². The molecule has 0 N–H and O–H groups in total. The fourth-order valence-electron chi connectivity index (χ4n) is 1.52. The highest BCUT2D eigenvalue weighted by atomic mass is 35.6. The molecule has 0 fully saturated rings. The molecule has 0 saturated heterocycles. The third kappa shape index (κ3) is 3.06. The molecule has 0 radical (unpaired) electrons. The molecular formula is C8H19ClSi. The average molecular weight is 179 g/mol. The van der Waals surface area contributed by atoms with Gasteiger partial charge in [0.2, 0.25) is 0 Å². The van der Waals surface area contributed by atoms with Gasteiger partial charge in [0.05, 0.1) is 0 Å². The minimum atomic E-state index is -0.269. The van der Waals surface area contributed by atoms with E-state index >= 15 is 0 Å². The first kappa shape index (κ1) is 10.5. The molecule has 0 bridgehead atoms. The van der Waals surface area contributed by atoms with E-state index in [1.54, 1.807) is 0 Å². The second-order valence-electron chi connectivity index (χ2n) is 2.90. The molecule has 62 valence electrons. The van der Waals surface area contributed by atoms with Crippen molar-refractivity contribution < 1.29 is 0 Å². The Labute approximate surface area is 71.9 Å². The van der Waals surface area contributed by atoms with Crippen LogP contribution >= 0.6 is 11.1 Å². The summed E-state index contributed by atoms with van der Waals surface area (Å²) in [6.07, 6.45) is 3.92. The van der Waals surface area contributed by atoms with Crippen LogP contribution in [0.15, 0.2) is 0 Å². The van der Waals surface area contributed by atoms with Crippen LogP contribution in [-0.4, -0.2) is 8.83 Å². The van der Waals surface area contributed by atoms with Gasteiger partial charge in [0.25, 0.3) is 0 Å². The second kappa shape index (κ2) is 6.23. The van der Waals surface area contributed by atoms with Gasteiger partial charge in [0.15, 0.2) is 0 Å². The molecule has 0 aromatic carbocycles. The molecule has 0 aliphatic rings. The van der Waals surface area contributed by atoms with Gasteiger partial charge in [-0.15, -0.1) is 0 Å². The molecule has 1 atom stereocenters. The lowest BCUT2D eigenvalue weighted by Crippen LogP contribution is -2.10. The topological polar surface area (TPSA) is 0 Å². The van der Waals surface area contributed by atoms with Crippen LogP contribution in [0.2, 0.25) is 5.54 Å². The summed E-state index contributed by atoms with van der Waals surface area (Å²) in [5, 5.41) is 0. The van der Waals surface area contributed by atoms with Crippen molar-refractivity contribution in [1.82, 2.24) is 0 Å². The molecule has 0 heterocycles. The lowest BCUT2D eigenvalue weighted by Gasteiger charge is -2.20. The first-order valence-corrected chi connectivity index (χ1v) is 7.31. The van der Waals surface area contributed by atoms with E-state index in [2.05, 4.69) is 20.8 Å². The molecule has 0 aliphatic heterocycles. The van der Waals surface area contributed by atoms with Crippen molar-refractivity contribution in [2.24, 2.45) is 5.92 Å². The van der Waals surface area contributed by atoms with E-state index in [0.717, 1.165) is 11.5 Å². The quantitative estimate of drug-likeness (QED) is 0.449. The molecule has 0 aromatic heterocycles. The van der Waals surface area contributed by atoms with Crippen molar-refractivity contribution in [3.8, 4) is 0 Å². The summed E-state index contributed by atoms with van der Waals surface area (Å²) in [4.78, 5) is 0. The van der Waals surface area contributed by atoms with Gasteiger partial charge in [-0.25, -0.2) is 0 Å². The smallest absolute Gasteiger partial charge is 0.128 e. The van der Waals surface area contributed by atoms with E-state index in [1.165, 1.54) is 19.3 Å². The van der Waals surface area contributed by atoms with E-state index in [9.17, 15) is 0 Å². The molecule has 0 saturated carbocycles. The molecule has 10 heavy (non-hydrogen) atoms. The van der Waals surface area contributed by atoms with Gasteiger partial charge in [0.1, 0.15) is 8.83 Å². The zero-order valence-electron chi connectivity index (χ0n) is 7.36. The summed E-state index contributed by atoms with van der Waals surface area (Å²) >= 11 is 5.96. The fraction of sp³-hybridized carbons (Fsp3) is 1.00. The third-order valence-electron chi connectivity index (χ3n) is 2.44. The van der Waals surface area contributed by atoms with Gasteiger partial charge < -0.3 is 0 Å². The monoisotopic (exact) mass is 178 g/mol. The first-order chi connectivity index (χ1) is 4.79. The predicted molar refractivity (Wildman–Crippen MR) is 52.5 cm³/mol. The summed E-state index contributed by atoms with van der Waals surface area (Å²) in [6, 6.07) is 0. The standard InChI is InChI=1S/C8H19ClSi/c1-4-7(5-2)8(6-3)10-9/h7-8H,4-6,10H2,1-3H3. The molecule has 0 aliphatic carbocycles. The minimum Gasteiger partial charge on any atom is -0.176 e. The molecule has 1 unspecified atom stereocenters. The predicted octanol–water partition coefficient (Wildman–Crippen LogP) is 2.94. The molecule has 0 amide bonds. The van der Waals surface area contributed by atoms with Crippen LogP contribution in [-0.2, 0) is 0 Å². The maximum absolute atomic E-state index is 5.96. The molecule has 0 spiro atoms. The third-order valence-corrected chi connectivity index (χ3v) is 5.27. The first-order valence-electron chi connectivity index (χ1n) is 4.35. The Morgan fingerprint density at radius 1 is 1.10 bits per heavy atom. The number of rotatable bonds is 5. The maximum atomic E-state index is 5.96. The Bertz CT molecular complexity index is 57.7. The van der Waals surface area contributed by atoms with Crippen molar-refractivity contribution in [3.63, 3.8) is 0 Å². The van der Waals surface area contributed by atoms with Crippen LogP contribution in [0.25, 0.3) is 0 Å². The second-order valence-corrected chi connectivity index (χ2v) is 5.18. The summed E-state index contributed by atoms with van der Waals surface area (Å²) < 4.78 is 0. The van der Waals surface area contributed by atoms with E-state index in [4.69, 9.17) is 11.1 Å². The number of hydrogen-bond acceptors (Lipinski definition) is 0. The van der Waals surface area contributed by atoms with Gasteiger partial charge >= 0.3 is 0 Å². The van der Waals surface area contributed by atoms with Crippen molar-refractivity contribution in [1.29, 1.82) is 0 Å². The van der Waals surface area contributed by atoms with Crippen molar-refractivity contribution in [2.45, 2.75) is 45.6 Å². The minimum absolute atomic E-state index is 0.269. The van der Waals surface area contributed by atoms with Crippen molar-refractivity contribution in [3.05, 3.63) is 0 Å². The van der Waals surface area contributed by atoms with Crippen LogP contribution in [0.3, 0.4) is 0 Å². The molecule has 0 nitrogen and oxygen atoms in total. The normalized spacial score (nSPS) is 15.3. The van der Waals surface area contributed by atoms with Crippen molar-refractivity contribution in [2.75, 3.05) is 0 Å². The average Bonchev–Trinajstić information content (AvgIpc) is 2.00. The summed E-state index contributed by atoms with van der Waals surface area (Å²) in [6.45, 7) is 6.81. The van der Waals surface area contributed by atoms with Gasteiger partial charge in [-0.3, -0.25) is 0 Å². The largest absolute Gasteiger partial charge is 0.176 e. The summed E-state index contributed by atoms with van der Waals surface area (Å²) in [7, 11) is -0.269. The Balaban J connectivity index is 3.70. The van der Waals surface area contributed by atoms with Crippen LogP contribution in [0, 0.1) is 5.92 Å². The Hall–Kier alpha value is 0.507. The SMILES string of the molecule is CCC(CC)C(CC)[SiH2]Cl. The fourth-order valence-corrected chi connectivity index (χ4v) is 4.07. The summed E-state index contributed by atoms with van der Waals surface area (Å²) in [5.74, 6) is 0.911. The summed E-state index contributed by atoms with van der Waals surface area (Å²) in [5.41, 5.74) is 0.886. The zero-order chi connectivity index (χ0) is 7.98. The van der Waals surface area contributed by atoms with Gasteiger partial charge in [-0.05, 0) is 11.5 Å². The zero-order valence-corrected chi connectivity index (χ0v) is 9.53. The molecule has 0 rings (SSSR count). The lowest BCUT2D eigenvalue weighted by atomic mass is 9.97. The van der Waals surface area contributed by atoms with E-state index in [1.807, 2.05) is 0 Å². The number of halogens is 1. The lowest BCUT2D eigenvalue weighted by molar-refractivity contribution is 0.450.